The molecule has 1 aromatic carbocycles. The molecule has 0 saturated carbocycles. The van der Waals surface area contributed by atoms with Crippen molar-refractivity contribution in [2.24, 2.45) is 5.92 Å². The van der Waals surface area contributed by atoms with Crippen molar-refractivity contribution in [2.75, 3.05) is 7.11 Å². The number of methoxy groups -OCH3 is 1. The molecule has 0 bridgehead atoms. The number of hydrogen-bond acceptors (Lipinski definition) is 4. The first-order valence-corrected chi connectivity index (χ1v) is 6.54. The number of phenols is 1. The van der Waals surface area contributed by atoms with Crippen LogP contribution >= 0.6 is 0 Å². The molecule has 1 atom stereocenters. The van der Waals surface area contributed by atoms with Gasteiger partial charge in [0.05, 0.1) is 12.7 Å². The Labute approximate surface area is 118 Å². The van der Waals surface area contributed by atoms with Gasteiger partial charge in [0.1, 0.15) is 11.8 Å². The van der Waals surface area contributed by atoms with E-state index in [9.17, 15) is 14.7 Å². The van der Waals surface area contributed by atoms with Crippen LogP contribution in [0.25, 0.3) is 0 Å². The van der Waals surface area contributed by atoms with Crippen LogP contribution < -0.4 is 5.32 Å². The van der Waals surface area contributed by atoms with Gasteiger partial charge < -0.3 is 15.2 Å². The van der Waals surface area contributed by atoms with Crippen LogP contribution in [0.4, 0.5) is 0 Å². The fourth-order valence-electron chi connectivity index (χ4n) is 1.91. The summed E-state index contributed by atoms with van der Waals surface area (Å²) in [5.41, 5.74) is 0.763. The first-order chi connectivity index (χ1) is 9.36. The molecule has 0 heterocycles. The summed E-state index contributed by atoms with van der Waals surface area (Å²) in [5, 5.41) is 12.5. The van der Waals surface area contributed by atoms with Crippen molar-refractivity contribution in [3.63, 3.8) is 0 Å². The number of aromatic hydroxyl groups is 1. The minimum absolute atomic E-state index is 0.0711. The molecule has 0 aliphatic heterocycles. The number of carbonyl (C=O) groups excluding carboxylic acids is 2. The average Bonchev–Trinajstić information content (AvgIpc) is 2.39. The fourth-order valence-corrected chi connectivity index (χ4v) is 1.91. The van der Waals surface area contributed by atoms with Gasteiger partial charge in [0.25, 0.3) is 5.91 Å². The predicted molar refractivity (Wildman–Crippen MR) is 75.6 cm³/mol. The highest BCUT2D eigenvalue weighted by Gasteiger charge is 2.24. The highest BCUT2D eigenvalue weighted by molar-refractivity contribution is 5.99. The molecule has 0 radical (unpaired) electrons. The van der Waals surface area contributed by atoms with Crippen LogP contribution in [0.1, 0.15) is 36.2 Å². The van der Waals surface area contributed by atoms with E-state index in [1.807, 2.05) is 13.8 Å². The lowest BCUT2D eigenvalue weighted by Crippen LogP contribution is -2.42. The summed E-state index contributed by atoms with van der Waals surface area (Å²) in [6, 6.07) is 4.19. The summed E-state index contributed by atoms with van der Waals surface area (Å²) in [6.45, 7) is 5.61. The monoisotopic (exact) mass is 279 g/mol. The fraction of sp³-hybridized carbons (Fsp3) is 0.467. The number of esters is 1. The van der Waals surface area contributed by atoms with E-state index in [1.165, 1.54) is 13.2 Å². The van der Waals surface area contributed by atoms with Crippen LogP contribution in [-0.2, 0) is 9.53 Å². The van der Waals surface area contributed by atoms with E-state index < -0.39 is 17.9 Å². The smallest absolute Gasteiger partial charge is 0.328 e. The molecular weight excluding hydrogens is 258 g/mol. The van der Waals surface area contributed by atoms with Gasteiger partial charge in [-0.15, -0.1) is 0 Å². The number of amides is 1. The minimum Gasteiger partial charge on any atom is -0.507 e. The summed E-state index contributed by atoms with van der Waals surface area (Å²) in [5.74, 6) is -0.815. The molecule has 1 unspecified atom stereocenters. The third-order valence-corrected chi connectivity index (χ3v) is 2.98. The van der Waals surface area contributed by atoms with Crippen LogP contribution in [-0.4, -0.2) is 30.1 Å². The molecule has 5 heteroatoms. The molecule has 0 spiro atoms. The lowest BCUT2D eigenvalue weighted by Gasteiger charge is -2.18. The van der Waals surface area contributed by atoms with Gasteiger partial charge in [-0.25, -0.2) is 4.79 Å². The second-order valence-corrected chi connectivity index (χ2v) is 5.15. The second kappa shape index (κ2) is 6.93. The first-order valence-electron chi connectivity index (χ1n) is 6.54. The quantitative estimate of drug-likeness (QED) is 0.808. The molecule has 0 aromatic heterocycles. The van der Waals surface area contributed by atoms with Crippen LogP contribution in [0, 0.1) is 12.8 Å². The van der Waals surface area contributed by atoms with Crippen molar-refractivity contribution in [3.05, 3.63) is 29.3 Å². The Hall–Kier alpha value is -2.04. The third-order valence-electron chi connectivity index (χ3n) is 2.98. The highest BCUT2D eigenvalue weighted by Crippen LogP contribution is 2.21. The average molecular weight is 279 g/mol. The van der Waals surface area contributed by atoms with E-state index in [0.29, 0.717) is 12.0 Å². The summed E-state index contributed by atoms with van der Waals surface area (Å²) < 4.78 is 4.69. The molecule has 0 fully saturated rings. The Bertz CT molecular complexity index is 497. The third kappa shape index (κ3) is 3.98. The Balaban J connectivity index is 2.90. The summed E-state index contributed by atoms with van der Waals surface area (Å²) in [7, 11) is 1.28. The number of phenolic OH excluding ortho intramolecular Hbond substituents is 1. The molecule has 2 N–H and O–H groups in total. The van der Waals surface area contributed by atoms with Crippen molar-refractivity contribution >= 4 is 11.9 Å². The van der Waals surface area contributed by atoms with Crippen molar-refractivity contribution in [2.45, 2.75) is 33.2 Å². The summed E-state index contributed by atoms with van der Waals surface area (Å²) in [4.78, 5) is 23.8. The first kappa shape index (κ1) is 16.0. The van der Waals surface area contributed by atoms with Crippen molar-refractivity contribution in [3.8, 4) is 5.75 Å². The highest BCUT2D eigenvalue weighted by atomic mass is 16.5. The topological polar surface area (TPSA) is 75.6 Å². The SMILES string of the molecule is COC(=O)C(CC(C)C)NC(=O)c1cccc(C)c1O. The molecule has 0 aliphatic rings. The zero-order valence-corrected chi connectivity index (χ0v) is 12.3. The number of hydrogen-bond donors (Lipinski definition) is 2. The predicted octanol–water partition coefficient (Wildman–Crippen LogP) is 2.02. The number of benzene rings is 1. The Morgan fingerprint density at radius 1 is 1.35 bits per heavy atom. The Kier molecular flexibility index (Phi) is 5.55. The van der Waals surface area contributed by atoms with Gasteiger partial charge >= 0.3 is 5.97 Å². The van der Waals surface area contributed by atoms with Crippen molar-refractivity contribution < 1.29 is 19.4 Å². The van der Waals surface area contributed by atoms with Crippen molar-refractivity contribution in [1.29, 1.82) is 0 Å². The molecule has 1 amide bonds. The van der Waals surface area contributed by atoms with Crippen LogP contribution in [0.3, 0.4) is 0 Å². The molecule has 1 rings (SSSR count). The number of carbonyl (C=O) groups is 2. The molecular formula is C15H21NO4. The van der Waals surface area contributed by atoms with E-state index in [1.54, 1.807) is 19.1 Å². The number of ether oxygens (including phenoxy) is 1. The Morgan fingerprint density at radius 3 is 2.55 bits per heavy atom. The maximum Gasteiger partial charge on any atom is 0.328 e. The van der Waals surface area contributed by atoms with E-state index in [4.69, 9.17) is 0 Å². The van der Waals surface area contributed by atoms with Crippen molar-refractivity contribution in [1.82, 2.24) is 5.32 Å². The molecule has 1 aromatic rings. The van der Waals surface area contributed by atoms with Crippen LogP contribution in [0.2, 0.25) is 0 Å². The normalized spacial score (nSPS) is 12.1. The van der Waals surface area contributed by atoms with Gasteiger partial charge in [-0.1, -0.05) is 26.0 Å². The van der Waals surface area contributed by atoms with E-state index in [2.05, 4.69) is 10.1 Å². The molecule has 20 heavy (non-hydrogen) atoms. The maximum absolute atomic E-state index is 12.2. The summed E-state index contributed by atoms with van der Waals surface area (Å²) >= 11 is 0. The summed E-state index contributed by atoms with van der Waals surface area (Å²) in [6.07, 6.45) is 0.477. The standard InChI is InChI=1S/C15H21NO4/c1-9(2)8-12(15(19)20-4)16-14(18)11-7-5-6-10(3)13(11)17/h5-7,9,12,17H,8H2,1-4H3,(H,16,18). The number of rotatable bonds is 5. The maximum atomic E-state index is 12.2. The lowest BCUT2D eigenvalue weighted by atomic mass is 10.0. The van der Waals surface area contributed by atoms with Gasteiger partial charge in [0.15, 0.2) is 0 Å². The molecule has 0 saturated heterocycles. The molecule has 110 valence electrons. The Morgan fingerprint density at radius 2 is 2.00 bits per heavy atom. The van der Waals surface area contributed by atoms with Gasteiger partial charge in [-0.3, -0.25) is 4.79 Å². The molecule has 0 aliphatic carbocycles. The zero-order chi connectivity index (χ0) is 15.3. The van der Waals surface area contributed by atoms with Gasteiger partial charge in [0.2, 0.25) is 0 Å². The van der Waals surface area contributed by atoms with E-state index in [-0.39, 0.29) is 17.2 Å². The molecule has 5 nitrogen and oxygen atoms in total. The zero-order valence-electron chi connectivity index (χ0n) is 12.3. The minimum atomic E-state index is -0.715. The van der Waals surface area contributed by atoms with Crippen LogP contribution in [0.5, 0.6) is 5.75 Å². The second-order valence-electron chi connectivity index (χ2n) is 5.15. The van der Waals surface area contributed by atoms with E-state index >= 15 is 0 Å². The number of nitrogens with one attached hydrogen (secondary N) is 1. The largest absolute Gasteiger partial charge is 0.507 e. The van der Waals surface area contributed by atoms with Crippen LogP contribution in [0.15, 0.2) is 18.2 Å². The lowest BCUT2D eigenvalue weighted by molar-refractivity contribution is -0.143. The number of para-hydroxylation sites is 1. The van der Waals surface area contributed by atoms with Gasteiger partial charge in [-0.2, -0.15) is 0 Å². The van der Waals surface area contributed by atoms with Gasteiger partial charge in [-0.05, 0) is 30.9 Å². The van der Waals surface area contributed by atoms with Gasteiger partial charge in [0, 0.05) is 0 Å². The number of aryl methyl sites for hydroxylation is 1. The van der Waals surface area contributed by atoms with E-state index in [0.717, 1.165) is 0 Å².